The summed E-state index contributed by atoms with van der Waals surface area (Å²) in [5.41, 5.74) is 3.76. The van der Waals surface area contributed by atoms with Crippen molar-refractivity contribution in [2.24, 2.45) is 0 Å². The lowest BCUT2D eigenvalue weighted by molar-refractivity contribution is 0.102. The molecule has 8 heteroatoms. The third-order valence-corrected chi connectivity index (χ3v) is 8.45. The highest BCUT2D eigenvalue weighted by Gasteiger charge is 2.29. The molecule has 3 aromatic carbocycles. The van der Waals surface area contributed by atoms with E-state index in [2.05, 4.69) is 21.0 Å². The zero-order valence-electron chi connectivity index (χ0n) is 20.4. The van der Waals surface area contributed by atoms with Gasteiger partial charge in [0, 0.05) is 30.4 Å². The molecule has 1 saturated heterocycles. The van der Waals surface area contributed by atoms with Gasteiger partial charge in [-0.1, -0.05) is 30.3 Å². The third-order valence-electron chi connectivity index (χ3n) is 6.95. The van der Waals surface area contributed by atoms with Crippen molar-refractivity contribution in [2.75, 3.05) is 30.4 Å². The lowest BCUT2D eigenvalue weighted by atomic mass is 9.88. The van der Waals surface area contributed by atoms with Crippen molar-refractivity contribution in [1.29, 1.82) is 0 Å². The van der Waals surface area contributed by atoms with Crippen LogP contribution in [0.5, 0.6) is 5.75 Å². The number of anilines is 2. The van der Waals surface area contributed by atoms with Crippen LogP contribution in [-0.2, 0) is 16.4 Å². The molecule has 1 aliphatic heterocycles. The normalized spacial score (nSPS) is 17.5. The Morgan fingerprint density at radius 1 is 0.972 bits per heavy atom. The van der Waals surface area contributed by atoms with E-state index in [-0.39, 0.29) is 16.8 Å². The van der Waals surface area contributed by atoms with Crippen molar-refractivity contribution in [3.05, 3.63) is 83.4 Å². The highest BCUT2D eigenvalue weighted by Crippen LogP contribution is 2.35. The number of amides is 1. The summed E-state index contributed by atoms with van der Waals surface area (Å²) in [5.74, 6) is 0.243. The number of sulfonamides is 1. The summed E-state index contributed by atoms with van der Waals surface area (Å²) in [6.07, 6.45) is 4.69. The summed E-state index contributed by atoms with van der Waals surface area (Å²) >= 11 is 0. The Bertz CT molecular complexity index is 1370. The number of benzene rings is 3. The number of fused-ring (bicyclic) bond motifs is 1. The molecule has 1 amide bonds. The van der Waals surface area contributed by atoms with Gasteiger partial charge >= 0.3 is 0 Å². The van der Waals surface area contributed by atoms with Crippen LogP contribution in [0.1, 0.15) is 53.2 Å². The Labute approximate surface area is 212 Å². The van der Waals surface area contributed by atoms with E-state index in [4.69, 9.17) is 4.74 Å². The molecule has 0 saturated carbocycles. The number of rotatable bonds is 7. The van der Waals surface area contributed by atoms with Crippen molar-refractivity contribution in [1.82, 2.24) is 4.72 Å². The Hall–Kier alpha value is -3.36. The quantitative estimate of drug-likeness (QED) is 0.477. The van der Waals surface area contributed by atoms with Gasteiger partial charge in [-0.05, 0) is 79.6 Å². The lowest BCUT2D eigenvalue weighted by Crippen LogP contribution is -2.32. The van der Waals surface area contributed by atoms with Crippen LogP contribution >= 0.6 is 0 Å². The van der Waals surface area contributed by atoms with Gasteiger partial charge in [0.05, 0.1) is 12.8 Å². The molecule has 2 N–H and O–H groups in total. The van der Waals surface area contributed by atoms with Gasteiger partial charge in [0.15, 0.2) is 0 Å². The molecule has 0 spiro atoms. The van der Waals surface area contributed by atoms with Crippen molar-refractivity contribution in [3.63, 3.8) is 0 Å². The number of methoxy groups -OCH3 is 1. The van der Waals surface area contributed by atoms with Gasteiger partial charge in [0.2, 0.25) is 10.0 Å². The van der Waals surface area contributed by atoms with Crippen molar-refractivity contribution >= 4 is 27.3 Å². The van der Waals surface area contributed by atoms with Crippen molar-refractivity contribution < 1.29 is 17.9 Å². The highest BCUT2D eigenvalue weighted by atomic mass is 32.2. The van der Waals surface area contributed by atoms with E-state index < -0.39 is 10.0 Å². The first-order valence-corrected chi connectivity index (χ1v) is 13.9. The van der Waals surface area contributed by atoms with Crippen LogP contribution in [0.25, 0.3) is 0 Å². The number of nitrogens with one attached hydrogen (secondary N) is 2. The maximum absolute atomic E-state index is 13.8. The summed E-state index contributed by atoms with van der Waals surface area (Å²) in [6.45, 7) is 1.62. The van der Waals surface area contributed by atoms with Gasteiger partial charge in [0.25, 0.3) is 5.91 Å². The first-order chi connectivity index (χ1) is 17.4. The van der Waals surface area contributed by atoms with Crippen LogP contribution in [0.3, 0.4) is 0 Å². The van der Waals surface area contributed by atoms with E-state index in [0.29, 0.717) is 22.7 Å². The molecule has 2 aliphatic rings. The van der Waals surface area contributed by atoms with Crippen LogP contribution in [0, 0.1) is 0 Å². The molecule has 0 aromatic heterocycles. The Balaban J connectivity index is 1.46. The van der Waals surface area contributed by atoms with E-state index in [9.17, 15) is 13.2 Å². The predicted molar refractivity (Wildman–Crippen MR) is 141 cm³/mol. The molecule has 0 bridgehead atoms. The second-order valence-electron chi connectivity index (χ2n) is 9.33. The van der Waals surface area contributed by atoms with Crippen LogP contribution in [0.4, 0.5) is 11.4 Å². The predicted octanol–water partition coefficient (Wildman–Crippen LogP) is 4.90. The molecule has 5 rings (SSSR count). The average molecular weight is 506 g/mol. The molecular weight excluding hydrogens is 474 g/mol. The minimum atomic E-state index is -3.87. The molecule has 3 aromatic rings. The molecule has 1 atom stereocenters. The molecule has 36 heavy (non-hydrogen) atoms. The smallest absolute Gasteiger partial charge is 0.255 e. The molecule has 188 valence electrons. The fourth-order valence-electron chi connectivity index (χ4n) is 5.12. The average Bonchev–Trinajstić information content (AvgIpc) is 3.44. The summed E-state index contributed by atoms with van der Waals surface area (Å²) in [6, 6.07) is 19.7. The van der Waals surface area contributed by atoms with Gasteiger partial charge in [0.1, 0.15) is 10.6 Å². The number of ether oxygens (including phenoxy) is 1. The maximum atomic E-state index is 13.8. The Morgan fingerprint density at radius 3 is 2.58 bits per heavy atom. The first kappa shape index (κ1) is 24.3. The number of aryl methyl sites for hydroxylation is 1. The third kappa shape index (κ3) is 5.10. The fourth-order valence-corrected chi connectivity index (χ4v) is 6.62. The number of carbonyl (C=O) groups excluding carboxylic acids is 1. The van der Waals surface area contributed by atoms with E-state index in [1.807, 2.05) is 18.2 Å². The number of hydrogen-bond acceptors (Lipinski definition) is 5. The monoisotopic (exact) mass is 505 g/mol. The number of nitrogens with zero attached hydrogens (tertiary/aromatic N) is 1. The fraction of sp³-hybridized carbons (Fsp3) is 0.321. The van der Waals surface area contributed by atoms with Gasteiger partial charge < -0.3 is 15.0 Å². The summed E-state index contributed by atoms with van der Waals surface area (Å²) < 4.78 is 35.8. The molecule has 1 fully saturated rings. The van der Waals surface area contributed by atoms with Crippen LogP contribution < -0.4 is 19.7 Å². The second kappa shape index (κ2) is 10.3. The van der Waals surface area contributed by atoms with Gasteiger partial charge in [-0.15, -0.1) is 0 Å². The highest BCUT2D eigenvalue weighted by molar-refractivity contribution is 7.89. The summed E-state index contributed by atoms with van der Waals surface area (Å²) in [5, 5.41) is 2.85. The summed E-state index contributed by atoms with van der Waals surface area (Å²) in [7, 11) is -2.32. The Morgan fingerprint density at radius 2 is 1.78 bits per heavy atom. The van der Waals surface area contributed by atoms with E-state index >= 15 is 0 Å². The Kier molecular flexibility index (Phi) is 6.98. The zero-order valence-corrected chi connectivity index (χ0v) is 21.2. The number of carbonyl (C=O) groups is 1. The van der Waals surface area contributed by atoms with Gasteiger partial charge in [-0.2, -0.15) is 0 Å². The molecule has 1 aliphatic carbocycles. The lowest BCUT2D eigenvalue weighted by Gasteiger charge is -2.28. The summed E-state index contributed by atoms with van der Waals surface area (Å²) in [4.78, 5) is 15.2. The molecule has 0 unspecified atom stereocenters. The zero-order chi connectivity index (χ0) is 25.1. The minimum Gasteiger partial charge on any atom is -0.497 e. The van der Waals surface area contributed by atoms with Gasteiger partial charge in [-0.25, -0.2) is 13.1 Å². The van der Waals surface area contributed by atoms with E-state index in [0.717, 1.165) is 50.8 Å². The molecular formula is C28H31N3O4S. The van der Waals surface area contributed by atoms with Crippen molar-refractivity contribution in [3.8, 4) is 5.75 Å². The maximum Gasteiger partial charge on any atom is 0.255 e. The van der Waals surface area contributed by atoms with Crippen LogP contribution in [0.2, 0.25) is 0 Å². The SMILES string of the molecule is COc1cccc(C(=O)Nc2ccc(N3CCCC3)c(S(=O)(=O)N[C@H]3CCCc4ccccc43)c2)c1. The first-order valence-electron chi connectivity index (χ1n) is 12.4. The standard InChI is InChI=1S/C28H31N3O4S/c1-35-23-11-6-10-21(18-23)28(32)29-22-14-15-26(31-16-4-5-17-31)27(19-22)36(33,34)30-25-13-7-9-20-8-2-3-12-24(20)25/h2-3,6,8,10-12,14-15,18-19,25,30H,4-5,7,9,13,16-17H2,1H3,(H,29,32)/t25-/m0/s1. The van der Waals surface area contributed by atoms with Gasteiger partial charge in [-0.3, -0.25) is 4.79 Å². The topological polar surface area (TPSA) is 87.7 Å². The van der Waals surface area contributed by atoms with Crippen LogP contribution in [0.15, 0.2) is 71.6 Å². The second-order valence-corrected chi connectivity index (χ2v) is 11.0. The molecule has 1 heterocycles. The number of hydrogen-bond donors (Lipinski definition) is 2. The van der Waals surface area contributed by atoms with Crippen LogP contribution in [-0.4, -0.2) is 34.5 Å². The minimum absolute atomic E-state index is 0.191. The molecule has 0 radical (unpaired) electrons. The van der Waals surface area contributed by atoms with Crippen molar-refractivity contribution in [2.45, 2.75) is 43.0 Å². The molecule has 7 nitrogen and oxygen atoms in total. The van der Waals surface area contributed by atoms with E-state index in [1.165, 1.54) is 5.56 Å². The van der Waals surface area contributed by atoms with E-state index in [1.54, 1.807) is 49.6 Å². The largest absolute Gasteiger partial charge is 0.497 e.